The monoisotopic (exact) mass is 389 g/mol. The average Bonchev–Trinajstić information content (AvgIpc) is 3.33. The lowest BCUT2D eigenvalue weighted by molar-refractivity contribution is -0.115. The minimum absolute atomic E-state index is 0.0721. The van der Waals surface area contributed by atoms with Crippen molar-refractivity contribution in [1.29, 1.82) is 0 Å². The van der Waals surface area contributed by atoms with Gasteiger partial charge in [0, 0.05) is 5.69 Å². The summed E-state index contributed by atoms with van der Waals surface area (Å²) in [4.78, 5) is 17.6. The smallest absolute Gasteiger partial charge is 0.237 e. The fourth-order valence-corrected chi connectivity index (χ4v) is 3.51. The van der Waals surface area contributed by atoms with E-state index in [9.17, 15) is 4.79 Å². The molecule has 1 atom stereocenters. The number of thioether (sulfide) groups is 1. The minimum atomic E-state index is -0.251. The number of nitrogens with zero attached hydrogens (tertiary/aromatic N) is 2. The standard InChI is InChI=1S/C18H19N3O3S2/c1-3-23-14-8-6-13(7-9-14)19-18(22)12(2)26-11-16-20-17(21-24-16)15-5-4-10-25-15/h4-10,12H,3,11H2,1-2H3,(H,19,22). The van der Waals surface area contributed by atoms with Gasteiger partial charge in [-0.25, -0.2) is 0 Å². The van der Waals surface area contributed by atoms with Crippen LogP contribution >= 0.6 is 23.1 Å². The molecule has 1 aromatic carbocycles. The van der Waals surface area contributed by atoms with E-state index in [1.165, 1.54) is 11.8 Å². The number of benzene rings is 1. The largest absolute Gasteiger partial charge is 0.494 e. The Morgan fingerprint density at radius 1 is 1.35 bits per heavy atom. The quantitative estimate of drug-likeness (QED) is 0.613. The maximum atomic E-state index is 12.3. The Labute approximate surface area is 160 Å². The van der Waals surface area contributed by atoms with Crippen LogP contribution in [0.1, 0.15) is 19.7 Å². The van der Waals surface area contributed by atoms with Crippen LogP contribution in [0.15, 0.2) is 46.3 Å². The number of amides is 1. The summed E-state index contributed by atoms with van der Waals surface area (Å²) in [6.45, 7) is 4.40. The molecule has 3 rings (SSSR count). The molecule has 0 aliphatic rings. The van der Waals surface area contributed by atoms with E-state index in [4.69, 9.17) is 9.26 Å². The van der Waals surface area contributed by atoms with E-state index in [0.29, 0.717) is 24.1 Å². The molecule has 0 saturated carbocycles. The first-order valence-electron chi connectivity index (χ1n) is 8.17. The van der Waals surface area contributed by atoms with E-state index in [1.807, 2.05) is 55.6 Å². The van der Waals surface area contributed by atoms with Crippen molar-refractivity contribution in [2.75, 3.05) is 11.9 Å². The van der Waals surface area contributed by atoms with Gasteiger partial charge in [-0.3, -0.25) is 4.79 Å². The molecule has 2 heterocycles. The fourth-order valence-electron chi connectivity index (χ4n) is 2.14. The molecule has 0 aliphatic heterocycles. The van der Waals surface area contributed by atoms with Gasteiger partial charge in [0.1, 0.15) is 5.75 Å². The molecule has 0 saturated heterocycles. The summed E-state index contributed by atoms with van der Waals surface area (Å²) < 4.78 is 10.6. The summed E-state index contributed by atoms with van der Waals surface area (Å²) in [5.41, 5.74) is 0.740. The molecule has 26 heavy (non-hydrogen) atoms. The molecule has 0 aliphatic carbocycles. The van der Waals surface area contributed by atoms with Crippen LogP contribution in [0.2, 0.25) is 0 Å². The third-order valence-corrected chi connectivity index (χ3v) is 5.46. The van der Waals surface area contributed by atoms with Crippen molar-refractivity contribution in [1.82, 2.24) is 10.1 Å². The van der Waals surface area contributed by atoms with Gasteiger partial charge in [0.15, 0.2) is 0 Å². The van der Waals surface area contributed by atoms with Gasteiger partial charge in [-0.1, -0.05) is 11.2 Å². The second-order valence-electron chi connectivity index (χ2n) is 5.39. The van der Waals surface area contributed by atoms with Gasteiger partial charge in [-0.05, 0) is 49.6 Å². The van der Waals surface area contributed by atoms with Gasteiger partial charge in [0.2, 0.25) is 17.6 Å². The third-order valence-electron chi connectivity index (χ3n) is 3.47. The van der Waals surface area contributed by atoms with Crippen molar-refractivity contribution < 1.29 is 14.1 Å². The van der Waals surface area contributed by atoms with Crippen LogP contribution in [0.3, 0.4) is 0 Å². The number of hydrogen-bond acceptors (Lipinski definition) is 7. The van der Waals surface area contributed by atoms with Crippen LogP contribution in [0.5, 0.6) is 5.75 Å². The number of rotatable bonds is 8. The number of ether oxygens (including phenoxy) is 1. The first-order valence-corrected chi connectivity index (χ1v) is 10.1. The van der Waals surface area contributed by atoms with Crippen LogP contribution in [-0.2, 0) is 10.5 Å². The van der Waals surface area contributed by atoms with Gasteiger partial charge in [-0.15, -0.1) is 23.1 Å². The Kier molecular flexibility index (Phi) is 6.30. The van der Waals surface area contributed by atoms with E-state index in [-0.39, 0.29) is 11.2 Å². The van der Waals surface area contributed by atoms with Gasteiger partial charge in [0.05, 0.1) is 22.5 Å². The van der Waals surface area contributed by atoms with Crippen LogP contribution in [0.4, 0.5) is 5.69 Å². The zero-order valence-electron chi connectivity index (χ0n) is 14.5. The Hall–Kier alpha value is -2.32. The molecule has 2 aromatic heterocycles. The molecule has 1 unspecified atom stereocenters. The first kappa shape index (κ1) is 18.5. The lowest BCUT2D eigenvalue weighted by Crippen LogP contribution is -2.22. The highest BCUT2D eigenvalue weighted by Gasteiger charge is 2.16. The molecule has 0 bridgehead atoms. The normalized spacial score (nSPS) is 11.9. The van der Waals surface area contributed by atoms with E-state index in [0.717, 1.165) is 16.3 Å². The fraction of sp³-hybridized carbons (Fsp3) is 0.278. The number of carbonyl (C=O) groups excluding carboxylic acids is 1. The zero-order chi connectivity index (χ0) is 18.4. The van der Waals surface area contributed by atoms with Crippen LogP contribution < -0.4 is 10.1 Å². The molecule has 1 amide bonds. The Balaban J connectivity index is 1.49. The van der Waals surface area contributed by atoms with Crippen molar-refractivity contribution in [3.63, 3.8) is 0 Å². The predicted octanol–water partition coefficient (Wildman–Crippen LogP) is 4.46. The molecule has 0 radical (unpaired) electrons. The summed E-state index contributed by atoms with van der Waals surface area (Å²) in [6.07, 6.45) is 0. The van der Waals surface area contributed by atoms with Crippen molar-refractivity contribution >= 4 is 34.7 Å². The lowest BCUT2D eigenvalue weighted by atomic mass is 10.3. The summed E-state index contributed by atoms with van der Waals surface area (Å²) in [7, 11) is 0. The second-order valence-corrected chi connectivity index (χ2v) is 7.67. The van der Waals surface area contributed by atoms with E-state index < -0.39 is 0 Å². The predicted molar refractivity (Wildman–Crippen MR) is 105 cm³/mol. The number of hydrogen-bond donors (Lipinski definition) is 1. The lowest BCUT2D eigenvalue weighted by Gasteiger charge is -2.11. The molecule has 8 heteroatoms. The highest BCUT2D eigenvalue weighted by Crippen LogP contribution is 2.24. The van der Waals surface area contributed by atoms with E-state index >= 15 is 0 Å². The summed E-state index contributed by atoms with van der Waals surface area (Å²) in [5.74, 6) is 2.29. The molecule has 136 valence electrons. The van der Waals surface area contributed by atoms with Crippen molar-refractivity contribution in [2.45, 2.75) is 24.9 Å². The SMILES string of the molecule is CCOc1ccc(NC(=O)C(C)SCc2nc(-c3cccs3)no2)cc1. The van der Waals surface area contributed by atoms with Gasteiger partial charge < -0.3 is 14.6 Å². The number of carbonyl (C=O) groups is 1. The molecule has 1 N–H and O–H groups in total. The van der Waals surface area contributed by atoms with E-state index in [1.54, 1.807) is 11.3 Å². The van der Waals surface area contributed by atoms with Crippen LogP contribution in [0.25, 0.3) is 10.7 Å². The molecule has 0 spiro atoms. The zero-order valence-corrected chi connectivity index (χ0v) is 16.1. The highest BCUT2D eigenvalue weighted by molar-refractivity contribution is 7.99. The Bertz CT molecular complexity index is 832. The summed E-state index contributed by atoms with van der Waals surface area (Å²) >= 11 is 3.01. The molecular weight excluding hydrogens is 370 g/mol. The van der Waals surface area contributed by atoms with Crippen molar-refractivity contribution in [3.8, 4) is 16.5 Å². The van der Waals surface area contributed by atoms with Gasteiger partial charge >= 0.3 is 0 Å². The van der Waals surface area contributed by atoms with Crippen LogP contribution in [-0.4, -0.2) is 27.9 Å². The summed E-state index contributed by atoms with van der Waals surface area (Å²) in [6, 6.07) is 11.2. The van der Waals surface area contributed by atoms with Crippen molar-refractivity contribution in [2.24, 2.45) is 0 Å². The van der Waals surface area contributed by atoms with Gasteiger partial charge in [0.25, 0.3) is 0 Å². The first-order chi connectivity index (χ1) is 12.7. The van der Waals surface area contributed by atoms with Crippen LogP contribution in [0, 0.1) is 0 Å². The number of anilines is 1. The average molecular weight is 390 g/mol. The number of thiophene rings is 1. The molecule has 0 fully saturated rings. The Morgan fingerprint density at radius 3 is 2.85 bits per heavy atom. The van der Waals surface area contributed by atoms with Crippen molar-refractivity contribution in [3.05, 3.63) is 47.7 Å². The summed E-state index contributed by atoms with van der Waals surface area (Å²) in [5, 5.41) is 8.58. The van der Waals surface area contributed by atoms with E-state index in [2.05, 4.69) is 15.5 Å². The maximum Gasteiger partial charge on any atom is 0.237 e. The highest BCUT2D eigenvalue weighted by atomic mass is 32.2. The Morgan fingerprint density at radius 2 is 2.15 bits per heavy atom. The number of nitrogens with one attached hydrogen (secondary N) is 1. The molecular formula is C18H19N3O3S2. The third kappa shape index (κ3) is 4.86. The topological polar surface area (TPSA) is 77.2 Å². The van der Waals surface area contributed by atoms with Gasteiger partial charge in [-0.2, -0.15) is 4.98 Å². The maximum absolute atomic E-state index is 12.3. The molecule has 6 nitrogen and oxygen atoms in total. The number of aromatic nitrogens is 2. The second kappa shape index (κ2) is 8.86. The minimum Gasteiger partial charge on any atom is -0.494 e. The molecule has 3 aromatic rings.